The van der Waals surface area contributed by atoms with E-state index in [0.717, 1.165) is 37.8 Å². The summed E-state index contributed by atoms with van der Waals surface area (Å²) in [6, 6.07) is 8.20. The smallest absolute Gasteiger partial charge is 0.258 e. The van der Waals surface area contributed by atoms with Crippen LogP contribution in [0.15, 0.2) is 41.3 Å². The SMILES string of the molecule is O=C(Nc1ccc2c(c1)OC1(CCCC1)O2)c1cc(S(=O)(=O)N2CCOCC2)ccc1F. The van der Waals surface area contributed by atoms with Gasteiger partial charge < -0.3 is 19.5 Å². The quantitative estimate of drug-likeness (QED) is 0.750. The van der Waals surface area contributed by atoms with Crippen LogP contribution in [0.1, 0.15) is 36.0 Å². The number of nitrogens with zero attached hydrogens (tertiary/aromatic N) is 1. The normalized spacial score (nSPS) is 19.9. The number of benzene rings is 2. The van der Waals surface area contributed by atoms with Gasteiger partial charge in [0, 0.05) is 37.7 Å². The molecule has 32 heavy (non-hydrogen) atoms. The van der Waals surface area contributed by atoms with Crippen LogP contribution in [0.4, 0.5) is 10.1 Å². The molecule has 2 aliphatic heterocycles. The van der Waals surface area contributed by atoms with Crippen LogP contribution in [0, 0.1) is 5.82 Å². The summed E-state index contributed by atoms with van der Waals surface area (Å²) in [7, 11) is -3.86. The third-order valence-corrected chi connectivity index (χ3v) is 7.84. The van der Waals surface area contributed by atoms with Gasteiger partial charge >= 0.3 is 0 Å². The maximum Gasteiger partial charge on any atom is 0.258 e. The first kappa shape index (κ1) is 21.2. The molecule has 1 saturated carbocycles. The molecule has 2 heterocycles. The van der Waals surface area contributed by atoms with Gasteiger partial charge in [-0.15, -0.1) is 0 Å². The molecule has 3 aliphatic rings. The fraction of sp³-hybridized carbons (Fsp3) is 0.409. The lowest BCUT2D eigenvalue weighted by Crippen LogP contribution is -2.40. The van der Waals surface area contributed by atoms with E-state index in [-0.39, 0.29) is 23.5 Å². The molecule has 0 atom stereocenters. The summed E-state index contributed by atoms with van der Waals surface area (Å²) in [6.45, 7) is 0.998. The Bertz CT molecular complexity index is 1160. The molecule has 0 bridgehead atoms. The third-order valence-electron chi connectivity index (χ3n) is 5.95. The van der Waals surface area contributed by atoms with E-state index >= 15 is 0 Å². The van der Waals surface area contributed by atoms with E-state index in [2.05, 4.69) is 5.32 Å². The molecule has 1 saturated heterocycles. The van der Waals surface area contributed by atoms with Crippen molar-refractivity contribution < 1.29 is 31.8 Å². The largest absolute Gasteiger partial charge is 0.448 e. The minimum Gasteiger partial charge on any atom is -0.448 e. The van der Waals surface area contributed by atoms with Gasteiger partial charge in [-0.2, -0.15) is 4.31 Å². The molecule has 1 aliphatic carbocycles. The van der Waals surface area contributed by atoms with Gasteiger partial charge in [0.15, 0.2) is 11.5 Å². The van der Waals surface area contributed by atoms with Gasteiger partial charge in [0.1, 0.15) is 5.82 Å². The molecule has 1 amide bonds. The minimum absolute atomic E-state index is 0.139. The molecular weight excluding hydrogens is 439 g/mol. The highest BCUT2D eigenvalue weighted by Gasteiger charge is 2.44. The van der Waals surface area contributed by atoms with E-state index in [0.29, 0.717) is 30.4 Å². The fourth-order valence-corrected chi connectivity index (χ4v) is 5.70. The van der Waals surface area contributed by atoms with Crippen molar-refractivity contribution in [3.63, 3.8) is 0 Å². The van der Waals surface area contributed by atoms with E-state index in [1.54, 1.807) is 18.2 Å². The number of rotatable bonds is 4. The lowest BCUT2D eigenvalue weighted by atomic mass is 10.2. The van der Waals surface area contributed by atoms with Crippen LogP contribution in [0.2, 0.25) is 0 Å². The summed E-state index contributed by atoms with van der Waals surface area (Å²) in [6.07, 6.45) is 3.67. The predicted octanol–water partition coefficient (Wildman–Crippen LogP) is 3.14. The number of morpholine rings is 1. The summed E-state index contributed by atoms with van der Waals surface area (Å²) < 4.78 is 58.6. The first-order valence-corrected chi connectivity index (χ1v) is 12.0. The standard InChI is InChI=1S/C22H23FN2O6S/c23-18-5-4-16(32(27,28)25-9-11-29-12-10-25)14-17(18)21(26)24-15-3-6-19-20(13-15)31-22(30-19)7-1-2-8-22/h3-6,13-14H,1-2,7-12H2,(H,24,26). The van der Waals surface area contributed by atoms with Crippen molar-refractivity contribution >= 4 is 21.6 Å². The van der Waals surface area contributed by atoms with Crippen molar-refractivity contribution in [2.45, 2.75) is 36.4 Å². The predicted molar refractivity (Wildman–Crippen MR) is 113 cm³/mol. The van der Waals surface area contributed by atoms with Crippen molar-refractivity contribution in [2.24, 2.45) is 0 Å². The molecule has 0 unspecified atom stereocenters. The molecule has 8 nitrogen and oxygen atoms in total. The Morgan fingerprint density at radius 3 is 2.47 bits per heavy atom. The second-order valence-electron chi connectivity index (χ2n) is 8.10. The molecule has 5 rings (SSSR count). The number of halogens is 1. The molecule has 2 fully saturated rings. The third kappa shape index (κ3) is 3.82. The number of carbonyl (C=O) groups is 1. The van der Waals surface area contributed by atoms with Crippen molar-refractivity contribution in [2.75, 3.05) is 31.6 Å². The molecule has 0 aromatic heterocycles. The van der Waals surface area contributed by atoms with Gasteiger partial charge in [0.05, 0.1) is 23.7 Å². The van der Waals surface area contributed by atoms with Gasteiger partial charge in [-0.1, -0.05) is 0 Å². The van der Waals surface area contributed by atoms with Crippen LogP contribution in [0.3, 0.4) is 0 Å². The first-order valence-electron chi connectivity index (χ1n) is 10.6. The fourth-order valence-electron chi connectivity index (χ4n) is 4.26. The van der Waals surface area contributed by atoms with Crippen LogP contribution in [0.5, 0.6) is 11.5 Å². The Hall–Kier alpha value is -2.69. The first-order chi connectivity index (χ1) is 15.4. The number of fused-ring (bicyclic) bond motifs is 1. The Kier molecular flexibility index (Phi) is 5.31. The Labute approximate surface area is 185 Å². The zero-order valence-electron chi connectivity index (χ0n) is 17.3. The molecule has 1 N–H and O–H groups in total. The maximum absolute atomic E-state index is 14.4. The van der Waals surface area contributed by atoms with Crippen molar-refractivity contribution in [3.8, 4) is 11.5 Å². The highest BCUT2D eigenvalue weighted by Crippen LogP contribution is 2.47. The van der Waals surface area contributed by atoms with Crippen molar-refractivity contribution in [1.82, 2.24) is 4.31 Å². The summed E-state index contributed by atoms with van der Waals surface area (Å²) in [5.41, 5.74) is 0.0394. The summed E-state index contributed by atoms with van der Waals surface area (Å²) in [5.74, 6) is -1.06. The van der Waals surface area contributed by atoms with E-state index in [9.17, 15) is 17.6 Å². The van der Waals surface area contributed by atoms with E-state index in [4.69, 9.17) is 14.2 Å². The average Bonchev–Trinajstić information content (AvgIpc) is 3.39. The topological polar surface area (TPSA) is 94.2 Å². The summed E-state index contributed by atoms with van der Waals surface area (Å²) in [5, 5.41) is 2.62. The van der Waals surface area contributed by atoms with Crippen LogP contribution < -0.4 is 14.8 Å². The lowest BCUT2D eigenvalue weighted by Gasteiger charge is -2.26. The molecular formula is C22H23FN2O6S. The van der Waals surface area contributed by atoms with Crippen molar-refractivity contribution in [3.05, 3.63) is 47.8 Å². The molecule has 2 aromatic rings. The summed E-state index contributed by atoms with van der Waals surface area (Å²) in [4.78, 5) is 12.6. The molecule has 170 valence electrons. The Morgan fingerprint density at radius 1 is 1.00 bits per heavy atom. The second-order valence-corrected chi connectivity index (χ2v) is 10.0. The number of nitrogens with one attached hydrogen (secondary N) is 1. The van der Waals surface area contributed by atoms with E-state index in [1.807, 2.05) is 0 Å². The van der Waals surface area contributed by atoms with Crippen LogP contribution in [0.25, 0.3) is 0 Å². The lowest BCUT2D eigenvalue weighted by molar-refractivity contribution is -0.0716. The Morgan fingerprint density at radius 2 is 1.72 bits per heavy atom. The van der Waals surface area contributed by atoms with E-state index in [1.165, 1.54) is 10.4 Å². The number of carbonyl (C=O) groups excluding carboxylic acids is 1. The number of anilines is 1. The zero-order valence-corrected chi connectivity index (χ0v) is 18.1. The number of hydrogen-bond acceptors (Lipinski definition) is 6. The van der Waals surface area contributed by atoms with Gasteiger partial charge in [0.2, 0.25) is 10.0 Å². The zero-order chi connectivity index (χ0) is 22.3. The van der Waals surface area contributed by atoms with Crippen LogP contribution >= 0.6 is 0 Å². The van der Waals surface area contributed by atoms with E-state index < -0.39 is 27.5 Å². The second kappa shape index (κ2) is 8.02. The maximum atomic E-state index is 14.4. The number of sulfonamides is 1. The summed E-state index contributed by atoms with van der Waals surface area (Å²) >= 11 is 0. The Balaban J connectivity index is 1.36. The number of amides is 1. The molecule has 10 heteroatoms. The van der Waals surface area contributed by atoms with Crippen LogP contribution in [-0.2, 0) is 14.8 Å². The average molecular weight is 462 g/mol. The van der Waals surface area contributed by atoms with Gasteiger partial charge in [-0.25, -0.2) is 12.8 Å². The molecule has 1 spiro atoms. The highest BCUT2D eigenvalue weighted by atomic mass is 32.2. The number of ether oxygens (including phenoxy) is 3. The van der Waals surface area contributed by atoms with Gasteiger partial charge in [-0.3, -0.25) is 4.79 Å². The minimum atomic E-state index is -3.86. The van der Waals surface area contributed by atoms with Gasteiger partial charge in [0.25, 0.3) is 11.7 Å². The molecule has 2 aromatic carbocycles. The van der Waals surface area contributed by atoms with Crippen LogP contribution in [-0.4, -0.2) is 50.7 Å². The van der Waals surface area contributed by atoms with Crippen molar-refractivity contribution in [1.29, 1.82) is 0 Å². The molecule has 0 radical (unpaired) electrons. The highest BCUT2D eigenvalue weighted by molar-refractivity contribution is 7.89. The number of hydrogen-bond donors (Lipinski definition) is 1. The monoisotopic (exact) mass is 462 g/mol. The van der Waals surface area contributed by atoms with Gasteiger partial charge in [-0.05, 0) is 43.2 Å².